The van der Waals surface area contributed by atoms with Crippen LogP contribution in [0.3, 0.4) is 0 Å². The number of aliphatic imine (C=N–C) groups is 1. The van der Waals surface area contributed by atoms with Gasteiger partial charge >= 0.3 is 0 Å². The molecule has 1 saturated heterocycles. The van der Waals surface area contributed by atoms with Crippen LogP contribution in [0.25, 0.3) is 0 Å². The predicted octanol–water partition coefficient (Wildman–Crippen LogP) is 2.91. The molecule has 0 radical (unpaired) electrons. The van der Waals surface area contributed by atoms with Gasteiger partial charge in [-0.25, -0.2) is 0 Å². The molecule has 0 spiro atoms. The minimum absolute atomic E-state index is 0. The van der Waals surface area contributed by atoms with Crippen LogP contribution in [0.2, 0.25) is 0 Å². The highest BCUT2D eigenvalue weighted by atomic mass is 127. The van der Waals surface area contributed by atoms with E-state index >= 15 is 0 Å². The van der Waals surface area contributed by atoms with Gasteiger partial charge in [0.1, 0.15) is 0 Å². The lowest BCUT2D eigenvalue weighted by atomic mass is 10.1. The highest BCUT2D eigenvalue weighted by Crippen LogP contribution is 2.23. The average molecular weight is 434 g/mol. The molecule has 0 bridgehead atoms. The number of rotatable bonds is 3. The minimum atomic E-state index is 0. The molecule has 3 rings (SSSR count). The maximum atomic E-state index is 6.15. The summed E-state index contributed by atoms with van der Waals surface area (Å²) in [5.41, 5.74) is 7.66. The molecular formula is C16H27IN4S. The third-order valence-electron chi connectivity index (χ3n) is 4.51. The number of hydrogen-bond donors (Lipinski definition) is 1. The van der Waals surface area contributed by atoms with Crippen molar-refractivity contribution in [3.8, 4) is 0 Å². The summed E-state index contributed by atoms with van der Waals surface area (Å²) in [5, 5.41) is 2.21. The van der Waals surface area contributed by atoms with Gasteiger partial charge < -0.3 is 10.6 Å². The molecule has 1 aromatic rings. The molecule has 0 amide bonds. The minimum Gasteiger partial charge on any atom is -0.370 e. The maximum Gasteiger partial charge on any atom is 0.191 e. The van der Waals surface area contributed by atoms with Gasteiger partial charge in [0.05, 0.1) is 6.54 Å². The topological polar surface area (TPSA) is 44.9 Å². The van der Waals surface area contributed by atoms with Crippen molar-refractivity contribution in [2.45, 2.75) is 38.6 Å². The van der Waals surface area contributed by atoms with Gasteiger partial charge in [-0.05, 0) is 36.3 Å². The summed E-state index contributed by atoms with van der Waals surface area (Å²) < 4.78 is 0. The second kappa shape index (κ2) is 9.08. The zero-order valence-electron chi connectivity index (χ0n) is 13.2. The molecule has 2 N–H and O–H groups in total. The van der Waals surface area contributed by atoms with Crippen molar-refractivity contribution >= 4 is 41.3 Å². The van der Waals surface area contributed by atoms with Crippen LogP contribution in [0.4, 0.5) is 0 Å². The zero-order valence-corrected chi connectivity index (χ0v) is 16.3. The van der Waals surface area contributed by atoms with Crippen LogP contribution in [-0.2, 0) is 13.0 Å². The van der Waals surface area contributed by atoms with Crippen molar-refractivity contribution in [3.63, 3.8) is 0 Å². The average Bonchev–Trinajstić information content (AvgIpc) is 2.79. The van der Waals surface area contributed by atoms with Crippen molar-refractivity contribution in [2.24, 2.45) is 10.7 Å². The smallest absolute Gasteiger partial charge is 0.191 e. The lowest BCUT2D eigenvalue weighted by Crippen LogP contribution is -2.39. The quantitative estimate of drug-likeness (QED) is 0.452. The van der Waals surface area contributed by atoms with Crippen molar-refractivity contribution in [3.05, 3.63) is 21.9 Å². The first kappa shape index (κ1) is 18.0. The third-order valence-corrected chi connectivity index (χ3v) is 5.53. The zero-order chi connectivity index (χ0) is 14.5. The summed E-state index contributed by atoms with van der Waals surface area (Å²) in [4.78, 5) is 10.9. The standard InChI is InChI=1S/C16H26N4S.HI/c17-16(20-8-3-1-2-4-9-20)18-7-11-19-10-5-15-14(13-19)6-12-21-15;/h6,12H,1-5,7-11,13H2,(H2,17,18);1H. The van der Waals surface area contributed by atoms with E-state index in [4.69, 9.17) is 5.73 Å². The molecule has 1 fully saturated rings. The Hall–Kier alpha value is -0.340. The number of nitrogens with two attached hydrogens (primary N) is 1. The predicted molar refractivity (Wildman–Crippen MR) is 105 cm³/mol. The van der Waals surface area contributed by atoms with Crippen molar-refractivity contribution in [2.75, 3.05) is 32.7 Å². The summed E-state index contributed by atoms with van der Waals surface area (Å²) in [5.74, 6) is 0.755. The van der Waals surface area contributed by atoms with E-state index in [1.54, 1.807) is 4.88 Å². The number of nitrogens with zero attached hydrogens (tertiary/aromatic N) is 3. The Kier molecular flexibility index (Phi) is 7.43. The summed E-state index contributed by atoms with van der Waals surface area (Å²) in [6.45, 7) is 6.24. The SMILES string of the molecule is I.NC(=NCCN1CCc2sccc2C1)N1CCCCCC1. The first-order valence-corrected chi connectivity index (χ1v) is 9.03. The van der Waals surface area contributed by atoms with Gasteiger partial charge in [-0.1, -0.05) is 12.8 Å². The van der Waals surface area contributed by atoms with Crippen LogP contribution in [0.5, 0.6) is 0 Å². The molecule has 0 atom stereocenters. The van der Waals surface area contributed by atoms with E-state index in [1.165, 1.54) is 37.7 Å². The Morgan fingerprint density at radius 3 is 2.73 bits per heavy atom. The van der Waals surface area contributed by atoms with E-state index in [2.05, 4.69) is 26.2 Å². The van der Waals surface area contributed by atoms with Gasteiger partial charge in [-0.15, -0.1) is 35.3 Å². The fourth-order valence-electron chi connectivity index (χ4n) is 3.20. The summed E-state index contributed by atoms with van der Waals surface area (Å²) in [7, 11) is 0. The number of hydrogen-bond acceptors (Lipinski definition) is 3. The summed E-state index contributed by atoms with van der Waals surface area (Å²) in [6, 6.07) is 2.26. The Balaban J connectivity index is 0.00000176. The first-order chi connectivity index (χ1) is 10.3. The molecular weight excluding hydrogens is 407 g/mol. The number of guanidine groups is 1. The first-order valence-electron chi connectivity index (χ1n) is 8.15. The third kappa shape index (κ3) is 4.83. The molecule has 1 aromatic heterocycles. The molecule has 124 valence electrons. The van der Waals surface area contributed by atoms with Crippen LogP contribution in [-0.4, -0.2) is 48.5 Å². The van der Waals surface area contributed by atoms with Crippen molar-refractivity contribution in [1.82, 2.24) is 9.80 Å². The van der Waals surface area contributed by atoms with Gasteiger partial charge in [0.25, 0.3) is 0 Å². The number of halogens is 1. The molecule has 0 unspecified atom stereocenters. The largest absolute Gasteiger partial charge is 0.370 e. The second-order valence-corrected chi connectivity index (χ2v) is 7.04. The van der Waals surface area contributed by atoms with Gasteiger partial charge in [0, 0.05) is 37.6 Å². The van der Waals surface area contributed by atoms with Crippen molar-refractivity contribution in [1.29, 1.82) is 0 Å². The van der Waals surface area contributed by atoms with Gasteiger partial charge in [-0.3, -0.25) is 9.89 Å². The fraction of sp³-hybridized carbons (Fsp3) is 0.688. The van der Waals surface area contributed by atoms with Gasteiger partial charge in [0.15, 0.2) is 5.96 Å². The summed E-state index contributed by atoms with van der Waals surface area (Å²) >= 11 is 1.90. The molecule has 0 saturated carbocycles. The monoisotopic (exact) mass is 434 g/mol. The molecule has 2 aliphatic rings. The Morgan fingerprint density at radius 1 is 1.18 bits per heavy atom. The van der Waals surface area contributed by atoms with E-state index in [-0.39, 0.29) is 24.0 Å². The molecule has 4 nitrogen and oxygen atoms in total. The molecule has 2 aliphatic heterocycles. The Labute approximate surface area is 154 Å². The van der Waals surface area contributed by atoms with Gasteiger partial charge in [0.2, 0.25) is 0 Å². The van der Waals surface area contributed by atoms with Crippen LogP contribution < -0.4 is 5.73 Å². The number of likely N-dealkylation sites (tertiary alicyclic amines) is 1. The van der Waals surface area contributed by atoms with Crippen molar-refractivity contribution < 1.29 is 0 Å². The highest BCUT2D eigenvalue weighted by molar-refractivity contribution is 14.0. The molecule has 22 heavy (non-hydrogen) atoms. The Bertz CT molecular complexity index is 480. The normalized spacial score (nSPS) is 20.2. The maximum absolute atomic E-state index is 6.15. The lowest BCUT2D eigenvalue weighted by molar-refractivity contribution is 0.263. The Morgan fingerprint density at radius 2 is 1.95 bits per heavy atom. The van der Waals surface area contributed by atoms with E-state index in [0.717, 1.165) is 45.2 Å². The highest BCUT2D eigenvalue weighted by Gasteiger charge is 2.16. The lowest BCUT2D eigenvalue weighted by Gasteiger charge is -2.26. The van der Waals surface area contributed by atoms with Crippen LogP contribution in [0, 0.1) is 0 Å². The van der Waals surface area contributed by atoms with Crippen LogP contribution in [0.1, 0.15) is 36.1 Å². The van der Waals surface area contributed by atoms with E-state index in [0.29, 0.717) is 0 Å². The number of thiophene rings is 1. The van der Waals surface area contributed by atoms with Gasteiger partial charge in [-0.2, -0.15) is 0 Å². The second-order valence-electron chi connectivity index (χ2n) is 6.04. The fourth-order valence-corrected chi connectivity index (χ4v) is 4.09. The van der Waals surface area contributed by atoms with Crippen LogP contribution >= 0.6 is 35.3 Å². The van der Waals surface area contributed by atoms with E-state index in [1.807, 2.05) is 11.3 Å². The van der Waals surface area contributed by atoms with E-state index in [9.17, 15) is 0 Å². The molecule has 3 heterocycles. The number of fused-ring (bicyclic) bond motifs is 1. The van der Waals surface area contributed by atoms with E-state index < -0.39 is 0 Å². The van der Waals surface area contributed by atoms with Crippen LogP contribution in [0.15, 0.2) is 16.4 Å². The molecule has 0 aliphatic carbocycles. The molecule has 0 aromatic carbocycles. The molecule has 6 heteroatoms. The summed E-state index contributed by atoms with van der Waals surface area (Å²) in [6.07, 6.45) is 6.37.